The molecule has 0 unspecified atom stereocenters. The van der Waals surface area contributed by atoms with E-state index >= 15 is 0 Å². The molecule has 4 aromatic rings. The monoisotopic (exact) mass is 396 g/mol. The van der Waals surface area contributed by atoms with Gasteiger partial charge in [0.25, 0.3) is 0 Å². The van der Waals surface area contributed by atoms with Crippen molar-refractivity contribution >= 4 is 28.1 Å². The quantitative estimate of drug-likeness (QED) is 0.417. The molecule has 0 aliphatic carbocycles. The number of rotatable bonds is 3. The van der Waals surface area contributed by atoms with Gasteiger partial charge in [-0.3, -0.25) is 0 Å². The Morgan fingerprint density at radius 3 is 2.10 bits per heavy atom. The van der Waals surface area contributed by atoms with Crippen molar-refractivity contribution in [2.45, 2.75) is 39.4 Å². The number of aryl methyl sites for hydroxylation is 2. The highest BCUT2D eigenvalue weighted by Crippen LogP contribution is 2.49. The predicted octanol–water partition coefficient (Wildman–Crippen LogP) is 6.12. The lowest BCUT2D eigenvalue weighted by Gasteiger charge is -2.41. The molecular formula is C26H28N4. The van der Waals surface area contributed by atoms with Crippen molar-refractivity contribution in [2.24, 2.45) is 7.05 Å². The van der Waals surface area contributed by atoms with E-state index in [0.717, 1.165) is 16.9 Å². The molecular weight excluding hydrogens is 368 g/mol. The summed E-state index contributed by atoms with van der Waals surface area (Å²) in [5, 5.41) is 0. The smallest absolute Gasteiger partial charge is 0.135 e. The van der Waals surface area contributed by atoms with Crippen molar-refractivity contribution in [3.63, 3.8) is 0 Å². The molecule has 1 aromatic heterocycles. The summed E-state index contributed by atoms with van der Waals surface area (Å²) in [7, 11) is 2.12. The maximum Gasteiger partial charge on any atom is 0.135 e. The third-order valence-corrected chi connectivity index (χ3v) is 6.46. The first-order valence-electron chi connectivity index (χ1n) is 10.6. The second kappa shape index (κ2) is 6.63. The summed E-state index contributed by atoms with van der Waals surface area (Å²) in [6, 6.07) is 25.7. The molecule has 0 bridgehead atoms. The lowest BCUT2D eigenvalue weighted by Crippen LogP contribution is -2.50. The summed E-state index contributed by atoms with van der Waals surface area (Å²) < 4.78 is 2.24. The largest absolute Gasteiger partial charge is 0.337 e. The average molecular weight is 397 g/mol. The van der Waals surface area contributed by atoms with E-state index in [0.29, 0.717) is 0 Å². The molecule has 5 rings (SSSR count). The summed E-state index contributed by atoms with van der Waals surface area (Å²) in [4.78, 5) is 10.0. The van der Waals surface area contributed by atoms with Crippen LogP contribution in [0.15, 0.2) is 72.8 Å². The van der Waals surface area contributed by atoms with Crippen LogP contribution in [-0.4, -0.2) is 15.7 Å². The van der Waals surface area contributed by atoms with E-state index in [-0.39, 0.29) is 11.7 Å². The van der Waals surface area contributed by atoms with Crippen LogP contribution in [0.25, 0.3) is 11.0 Å². The van der Waals surface area contributed by atoms with Crippen LogP contribution in [-0.2, 0) is 12.6 Å². The first-order chi connectivity index (χ1) is 14.4. The minimum Gasteiger partial charge on any atom is -0.337 e. The zero-order valence-corrected chi connectivity index (χ0v) is 18.3. The summed E-state index contributed by atoms with van der Waals surface area (Å²) in [6.45, 7) is 9.03. The van der Waals surface area contributed by atoms with Crippen LogP contribution < -0.4 is 9.80 Å². The number of para-hydroxylation sites is 5. The molecule has 3 aromatic carbocycles. The molecule has 0 saturated carbocycles. The highest BCUT2D eigenvalue weighted by atomic mass is 15.4. The van der Waals surface area contributed by atoms with Crippen LogP contribution in [0.4, 0.5) is 17.1 Å². The molecule has 2 heterocycles. The fourth-order valence-corrected chi connectivity index (χ4v) is 5.12. The molecule has 0 fully saturated rings. The molecule has 0 saturated heterocycles. The van der Waals surface area contributed by atoms with E-state index in [2.05, 4.69) is 122 Å². The number of imidazole rings is 1. The van der Waals surface area contributed by atoms with Crippen molar-refractivity contribution in [2.75, 3.05) is 9.80 Å². The minimum absolute atomic E-state index is 0.151. The highest BCUT2D eigenvalue weighted by Gasteiger charge is 2.44. The lowest BCUT2D eigenvalue weighted by molar-refractivity contribution is 0.415. The number of aromatic nitrogens is 2. The fraction of sp³-hybridized carbons (Fsp3) is 0.269. The lowest BCUT2D eigenvalue weighted by atomic mass is 10.00. The Bertz CT molecular complexity index is 1240. The second-order valence-electron chi connectivity index (χ2n) is 8.69. The Labute approximate surface area is 178 Å². The molecule has 0 N–H and O–H groups in total. The molecule has 30 heavy (non-hydrogen) atoms. The Kier molecular flexibility index (Phi) is 4.14. The Morgan fingerprint density at radius 2 is 1.40 bits per heavy atom. The Hall–Kier alpha value is -3.27. The van der Waals surface area contributed by atoms with Crippen LogP contribution in [0.5, 0.6) is 0 Å². The average Bonchev–Trinajstić information content (AvgIpc) is 3.23. The van der Waals surface area contributed by atoms with E-state index < -0.39 is 0 Å². The number of anilines is 3. The molecule has 0 amide bonds. The molecule has 0 radical (unpaired) electrons. The highest BCUT2D eigenvalue weighted by molar-refractivity contribution is 5.85. The van der Waals surface area contributed by atoms with Gasteiger partial charge in [0.1, 0.15) is 12.0 Å². The van der Waals surface area contributed by atoms with Crippen molar-refractivity contribution in [3.05, 3.63) is 84.2 Å². The maximum atomic E-state index is 5.05. The summed E-state index contributed by atoms with van der Waals surface area (Å²) in [5.74, 6) is 1.07. The van der Waals surface area contributed by atoms with E-state index in [1.165, 1.54) is 22.6 Å². The third-order valence-electron chi connectivity index (χ3n) is 6.46. The first-order valence-corrected chi connectivity index (χ1v) is 10.6. The first kappa shape index (κ1) is 18.7. The Morgan fingerprint density at radius 1 is 0.800 bits per heavy atom. The van der Waals surface area contributed by atoms with Crippen LogP contribution >= 0.6 is 0 Å². The van der Waals surface area contributed by atoms with Gasteiger partial charge < -0.3 is 14.4 Å². The minimum atomic E-state index is -0.305. The molecule has 1 aliphatic rings. The number of hydrogen-bond donors (Lipinski definition) is 0. The van der Waals surface area contributed by atoms with Crippen molar-refractivity contribution in [3.8, 4) is 0 Å². The van der Waals surface area contributed by atoms with Crippen LogP contribution in [0.2, 0.25) is 0 Å². The van der Waals surface area contributed by atoms with Crippen molar-refractivity contribution < 1.29 is 0 Å². The molecule has 4 nitrogen and oxygen atoms in total. The molecule has 4 heteroatoms. The third kappa shape index (κ3) is 2.56. The number of hydrogen-bond acceptors (Lipinski definition) is 3. The summed E-state index contributed by atoms with van der Waals surface area (Å²) in [5.41, 5.74) is 6.91. The summed E-state index contributed by atoms with van der Waals surface area (Å²) in [6.07, 6.45) is 0.151. The van der Waals surface area contributed by atoms with Crippen LogP contribution in [0, 0.1) is 6.92 Å². The van der Waals surface area contributed by atoms with Gasteiger partial charge in [-0.05, 0) is 63.6 Å². The number of benzene rings is 3. The topological polar surface area (TPSA) is 24.3 Å². The van der Waals surface area contributed by atoms with Gasteiger partial charge in [-0.15, -0.1) is 0 Å². The van der Waals surface area contributed by atoms with Gasteiger partial charge >= 0.3 is 0 Å². The van der Waals surface area contributed by atoms with Gasteiger partial charge in [0.15, 0.2) is 0 Å². The number of fused-ring (bicyclic) bond motifs is 2. The van der Waals surface area contributed by atoms with Gasteiger partial charge in [-0.25, -0.2) is 4.98 Å². The van der Waals surface area contributed by atoms with Gasteiger partial charge in [0, 0.05) is 12.7 Å². The van der Waals surface area contributed by atoms with Crippen molar-refractivity contribution in [1.82, 2.24) is 9.55 Å². The van der Waals surface area contributed by atoms with Gasteiger partial charge in [-0.1, -0.05) is 42.5 Å². The predicted molar refractivity (Wildman–Crippen MR) is 125 cm³/mol. The fourth-order valence-electron chi connectivity index (χ4n) is 5.12. The molecule has 1 atom stereocenters. The maximum absolute atomic E-state index is 5.05. The normalized spacial score (nSPS) is 16.4. The van der Waals surface area contributed by atoms with Crippen LogP contribution in [0.3, 0.4) is 0 Å². The molecule has 1 aliphatic heterocycles. The molecule has 0 spiro atoms. The number of nitrogens with zero attached hydrogens (tertiary/aromatic N) is 4. The molecule has 152 valence electrons. The van der Waals surface area contributed by atoms with Gasteiger partial charge in [-0.2, -0.15) is 0 Å². The van der Waals surface area contributed by atoms with E-state index in [4.69, 9.17) is 4.98 Å². The Balaban J connectivity index is 1.68. The zero-order valence-electron chi connectivity index (χ0n) is 18.3. The zero-order chi connectivity index (χ0) is 21.0. The van der Waals surface area contributed by atoms with E-state index in [9.17, 15) is 0 Å². The standard InChI is InChI=1S/C26H28N4/c1-18-12-6-8-14-21(18)29-19(2)30(24-17-11-10-16-23(24)29)26(3,4)25-27-20-13-7-9-15-22(20)28(25)5/h6-17,19H,1-5H3/t19-/m1/s1. The van der Waals surface area contributed by atoms with E-state index in [1.54, 1.807) is 0 Å². The SMILES string of the molecule is Cc1ccccc1N1c2ccccc2N(C(C)(C)c2nc3ccccc3n2C)[C@@H]1C. The second-order valence-corrected chi connectivity index (χ2v) is 8.69. The van der Waals surface area contributed by atoms with Gasteiger partial charge in [0.2, 0.25) is 0 Å². The van der Waals surface area contributed by atoms with E-state index in [1.807, 2.05) is 0 Å². The van der Waals surface area contributed by atoms with Gasteiger partial charge in [0.05, 0.1) is 27.9 Å². The van der Waals surface area contributed by atoms with Crippen LogP contribution in [0.1, 0.15) is 32.2 Å². The van der Waals surface area contributed by atoms with Crippen molar-refractivity contribution in [1.29, 1.82) is 0 Å². The summed E-state index contributed by atoms with van der Waals surface area (Å²) >= 11 is 0.